The molecule has 1 N–H and O–H groups in total. The van der Waals surface area contributed by atoms with E-state index in [1.54, 1.807) is 6.92 Å². The van der Waals surface area contributed by atoms with Crippen molar-refractivity contribution in [1.82, 2.24) is 10.2 Å². The molecule has 0 aromatic heterocycles. The lowest BCUT2D eigenvalue weighted by atomic mass is 9.48. The molecule has 2 amide bonds. The minimum Gasteiger partial charge on any atom is -0.352 e. The Morgan fingerprint density at radius 3 is 2.12 bits per heavy atom. The molecule has 4 saturated carbocycles. The maximum absolute atomic E-state index is 13.9. The average molecular weight is 659 g/mol. The van der Waals surface area contributed by atoms with Gasteiger partial charge in [-0.05, 0) is 117 Å². The molecular weight excluding hydrogens is 614 g/mol. The van der Waals surface area contributed by atoms with Crippen LogP contribution >= 0.6 is 15.9 Å². The SMILES string of the molecule is CC[C@H](C)NC(=O)[C@@H](C)N(Cc1cccc(Br)c1)C(=O)CN(c1ccc(C23CC4CC(CC(C4)C2)C3)cc1)S(C)(=O)=O. The molecule has 2 aromatic carbocycles. The number of anilines is 1. The third kappa shape index (κ3) is 6.72. The predicted molar refractivity (Wildman–Crippen MR) is 171 cm³/mol. The van der Waals surface area contributed by atoms with Crippen LogP contribution in [0.3, 0.4) is 0 Å². The molecule has 4 fully saturated rings. The highest BCUT2D eigenvalue weighted by Gasteiger charge is 2.51. The van der Waals surface area contributed by atoms with Gasteiger partial charge in [-0.3, -0.25) is 13.9 Å². The summed E-state index contributed by atoms with van der Waals surface area (Å²) in [5, 5.41) is 2.96. The van der Waals surface area contributed by atoms with Gasteiger partial charge in [0.1, 0.15) is 12.6 Å². The van der Waals surface area contributed by atoms with E-state index in [2.05, 4.69) is 33.4 Å². The second kappa shape index (κ2) is 12.3. The summed E-state index contributed by atoms with van der Waals surface area (Å²) in [6.45, 7) is 5.39. The van der Waals surface area contributed by atoms with Crippen LogP contribution in [-0.2, 0) is 31.6 Å². The lowest BCUT2D eigenvalue weighted by Crippen LogP contribution is -2.52. The molecule has 4 aliphatic rings. The van der Waals surface area contributed by atoms with Crippen molar-refractivity contribution < 1.29 is 18.0 Å². The second-order valence-electron chi connectivity index (χ2n) is 13.2. The summed E-state index contributed by atoms with van der Waals surface area (Å²) in [5.41, 5.74) is 2.82. The molecule has 228 valence electrons. The summed E-state index contributed by atoms with van der Waals surface area (Å²) < 4.78 is 28.1. The Labute approximate surface area is 259 Å². The van der Waals surface area contributed by atoms with Gasteiger partial charge in [-0.2, -0.15) is 0 Å². The summed E-state index contributed by atoms with van der Waals surface area (Å²) in [4.78, 5) is 28.5. The molecule has 0 heterocycles. The Kier molecular flexibility index (Phi) is 9.10. The monoisotopic (exact) mass is 657 g/mol. The summed E-state index contributed by atoms with van der Waals surface area (Å²) in [5.74, 6) is 1.75. The number of carbonyl (C=O) groups is 2. The van der Waals surface area contributed by atoms with Crippen molar-refractivity contribution in [2.24, 2.45) is 17.8 Å². The molecular formula is C33H44BrN3O4S. The maximum atomic E-state index is 13.9. The number of nitrogens with zero attached hydrogens (tertiary/aromatic N) is 2. The van der Waals surface area contributed by atoms with Crippen molar-refractivity contribution >= 4 is 43.5 Å². The van der Waals surface area contributed by atoms with E-state index in [4.69, 9.17) is 0 Å². The molecule has 0 unspecified atom stereocenters. The molecule has 4 bridgehead atoms. The van der Waals surface area contributed by atoms with Gasteiger partial charge in [-0.25, -0.2) is 8.42 Å². The number of amides is 2. The third-order valence-corrected chi connectivity index (χ3v) is 11.5. The number of rotatable bonds is 11. The van der Waals surface area contributed by atoms with Gasteiger partial charge in [0.25, 0.3) is 0 Å². The first-order chi connectivity index (χ1) is 19.9. The predicted octanol–water partition coefficient (Wildman–Crippen LogP) is 6.01. The number of hydrogen-bond acceptors (Lipinski definition) is 4. The van der Waals surface area contributed by atoms with Gasteiger partial charge >= 0.3 is 0 Å². The van der Waals surface area contributed by atoms with E-state index in [1.807, 2.05) is 50.2 Å². The minimum absolute atomic E-state index is 0.0391. The van der Waals surface area contributed by atoms with Gasteiger partial charge in [0, 0.05) is 17.1 Å². The van der Waals surface area contributed by atoms with Crippen LogP contribution in [0.25, 0.3) is 0 Å². The van der Waals surface area contributed by atoms with Crippen LogP contribution in [0.2, 0.25) is 0 Å². The van der Waals surface area contributed by atoms with Crippen molar-refractivity contribution in [3.8, 4) is 0 Å². The topological polar surface area (TPSA) is 86.8 Å². The quantitative estimate of drug-likeness (QED) is 0.320. The Morgan fingerprint density at radius 2 is 1.60 bits per heavy atom. The maximum Gasteiger partial charge on any atom is 0.244 e. The smallest absolute Gasteiger partial charge is 0.244 e. The van der Waals surface area contributed by atoms with E-state index in [1.165, 1.54) is 53.3 Å². The van der Waals surface area contributed by atoms with Crippen molar-refractivity contribution in [2.45, 2.75) is 89.8 Å². The van der Waals surface area contributed by atoms with Crippen LogP contribution in [0.15, 0.2) is 53.0 Å². The van der Waals surface area contributed by atoms with Gasteiger partial charge < -0.3 is 10.2 Å². The molecule has 42 heavy (non-hydrogen) atoms. The molecule has 0 spiro atoms. The van der Waals surface area contributed by atoms with Crippen LogP contribution in [0.5, 0.6) is 0 Å². The summed E-state index contributed by atoms with van der Waals surface area (Å²) in [7, 11) is -3.78. The number of nitrogens with one attached hydrogen (secondary N) is 1. The second-order valence-corrected chi connectivity index (χ2v) is 16.0. The molecule has 6 rings (SSSR count). The van der Waals surface area contributed by atoms with Crippen LogP contribution in [0, 0.1) is 17.8 Å². The minimum atomic E-state index is -3.78. The molecule has 2 aromatic rings. The fourth-order valence-electron chi connectivity index (χ4n) is 7.94. The highest BCUT2D eigenvalue weighted by molar-refractivity contribution is 9.10. The molecule has 9 heteroatoms. The number of halogens is 1. The van der Waals surface area contributed by atoms with Gasteiger partial charge in [-0.15, -0.1) is 0 Å². The van der Waals surface area contributed by atoms with E-state index in [-0.39, 0.29) is 30.5 Å². The Bertz CT molecular complexity index is 1380. The third-order valence-electron chi connectivity index (χ3n) is 9.90. The van der Waals surface area contributed by atoms with E-state index >= 15 is 0 Å². The summed E-state index contributed by atoms with van der Waals surface area (Å²) >= 11 is 3.48. The van der Waals surface area contributed by atoms with Crippen molar-refractivity contribution in [2.75, 3.05) is 17.1 Å². The first-order valence-electron chi connectivity index (χ1n) is 15.3. The molecule has 0 aliphatic heterocycles. The molecule has 7 nitrogen and oxygen atoms in total. The van der Waals surface area contributed by atoms with Crippen LogP contribution in [-0.4, -0.2) is 50.0 Å². The highest BCUT2D eigenvalue weighted by atomic mass is 79.9. The number of sulfonamides is 1. The number of hydrogen-bond donors (Lipinski definition) is 1. The fourth-order valence-corrected chi connectivity index (χ4v) is 9.24. The van der Waals surface area contributed by atoms with Crippen molar-refractivity contribution in [1.29, 1.82) is 0 Å². The zero-order valence-electron chi connectivity index (χ0n) is 25.2. The summed E-state index contributed by atoms with van der Waals surface area (Å²) in [6.07, 6.45) is 9.68. The molecule has 0 radical (unpaired) electrons. The number of benzene rings is 2. The van der Waals surface area contributed by atoms with Crippen LogP contribution < -0.4 is 9.62 Å². The van der Waals surface area contributed by atoms with Crippen LogP contribution in [0.1, 0.15) is 76.8 Å². The molecule has 4 aliphatic carbocycles. The van der Waals surface area contributed by atoms with Gasteiger partial charge in [0.05, 0.1) is 11.9 Å². The fraction of sp³-hybridized carbons (Fsp3) is 0.576. The van der Waals surface area contributed by atoms with E-state index < -0.39 is 22.0 Å². The van der Waals surface area contributed by atoms with Gasteiger partial charge in [0.2, 0.25) is 21.8 Å². The van der Waals surface area contributed by atoms with E-state index in [9.17, 15) is 18.0 Å². The molecule has 0 saturated heterocycles. The van der Waals surface area contributed by atoms with Crippen molar-refractivity contribution in [3.63, 3.8) is 0 Å². The van der Waals surface area contributed by atoms with Crippen LogP contribution in [0.4, 0.5) is 5.69 Å². The lowest BCUT2D eigenvalue weighted by Gasteiger charge is -2.57. The molecule has 2 atom stereocenters. The Hall–Kier alpha value is -2.39. The zero-order chi connectivity index (χ0) is 30.2. The normalized spacial score (nSPS) is 26.0. The summed E-state index contributed by atoms with van der Waals surface area (Å²) in [6, 6.07) is 14.6. The first kappa shape index (κ1) is 31.0. The van der Waals surface area contributed by atoms with Gasteiger partial charge in [-0.1, -0.05) is 47.1 Å². The van der Waals surface area contributed by atoms with Gasteiger partial charge in [0.15, 0.2) is 0 Å². The van der Waals surface area contributed by atoms with E-state index in [0.717, 1.165) is 40.5 Å². The van der Waals surface area contributed by atoms with E-state index in [0.29, 0.717) is 5.69 Å². The average Bonchev–Trinajstić information content (AvgIpc) is 2.93. The standard InChI is InChI=1S/C33H44BrN3O4S/c1-5-22(2)35-32(39)23(3)36(20-24-7-6-8-29(34)16-24)31(38)21-37(42(4,40)41)30-11-9-28(10-12-30)33-17-25-13-26(18-33)15-27(14-25)19-33/h6-12,16,22-23,25-27H,5,13-15,17-21H2,1-4H3,(H,35,39)/t22-,23+,25?,26?,27?,33?/m0/s1. The highest BCUT2D eigenvalue weighted by Crippen LogP contribution is 2.60. The number of carbonyl (C=O) groups excluding carboxylic acids is 2. The lowest BCUT2D eigenvalue weighted by molar-refractivity contribution is -0.139. The Morgan fingerprint density at radius 1 is 1.00 bits per heavy atom. The zero-order valence-corrected chi connectivity index (χ0v) is 27.6. The Balaban J connectivity index is 1.38. The largest absolute Gasteiger partial charge is 0.352 e. The first-order valence-corrected chi connectivity index (χ1v) is 17.9. The van der Waals surface area contributed by atoms with Crippen molar-refractivity contribution in [3.05, 3.63) is 64.1 Å².